The number of hydrazine groups is 1. The quantitative estimate of drug-likeness (QED) is 0.0686. The van der Waals surface area contributed by atoms with Crippen LogP contribution in [-0.2, 0) is 33.8 Å². The minimum Gasteiger partial charge on any atom is -0.453 e. The van der Waals surface area contributed by atoms with E-state index < -0.39 is 41.6 Å². The number of alkyl carbamates (subject to hydrolysis) is 1. The van der Waals surface area contributed by atoms with Gasteiger partial charge < -0.3 is 30.3 Å². The average molecular weight is 890 g/mol. The highest BCUT2D eigenvalue weighted by Crippen LogP contribution is 2.27. The molecule has 1 saturated heterocycles. The first kappa shape index (κ1) is 47.3. The number of amides is 5. The van der Waals surface area contributed by atoms with Gasteiger partial charge in [-0.1, -0.05) is 102 Å². The lowest BCUT2D eigenvalue weighted by Crippen LogP contribution is -2.60. The number of carbonyl (C=O) groups is 4. The summed E-state index contributed by atoms with van der Waals surface area (Å²) in [4.78, 5) is 71.9. The van der Waals surface area contributed by atoms with Crippen molar-refractivity contribution in [2.24, 2.45) is 11.3 Å². The van der Waals surface area contributed by atoms with Crippen molar-refractivity contribution in [3.05, 3.63) is 126 Å². The summed E-state index contributed by atoms with van der Waals surface area (Å²) in [6.07, 6.45) is 4.11. The molecule has 1 fully saturated rings. The SMILES string of the molecule is CCC(C)C(C(=O)N[C@@H](Cc1ccccc1)[C@@H](O)CN(Cc1ccc(-c2ccccn2)cc1)NC(=O)[C@@H](NC(=O)OC)C(C)(C)C)N1CCN(Cc2csc(-c3cccnc3)n2)C1=O. The molecule has 338 valence electrons. The van der Waals surface area contributed by atoms with Crippen molar-refractivity contribution in [3.63, 3.8) is 0 Å². The van der Waals surface area contributed by atoms with Gasteiger partial charge >= 0.3 is 12.1 Å². The molecule has 0 bridgehead atoms. The molecule has 3 aromatic heterocycles. The molecule has 5 atom stereocenters. The number of thiazole rings is 1. The summed E-state index contributed by atoms with van der Waals surface area (Å²) >= 11 is 1.49. The van der Waals surface area contributed by atoms with Gasteiger partial charge in [0.05, 0.1) is 37.2 Å². The number of rotatable bonds is 19. The van der Waals surface area contributed by atoms with Crippen molar-refractivity contribution in [1.82, 2.24) is 45.8 Å². The number of nitrogens with zero attached hydrogens (tertiary/aromatic N) is 6. The zero-order valence-electron chi connectivity index (χ0n) is 37.3. The lowest BCUT2D eigenvalue weighted by Gasteiger charge is -2.36. The first-order valence-electron chi connectivity index (χ1n) is 21.6. The summed E-state index contributed by atoms with van der Waals surface area (Å²) in [6, 6.07) is 23.8. The topological polar surface area (TPSA) is 182 Å². The third kappa shape index (κ3) is 12.5. The lowest BCUT2D eigenvalue weighted by atomic mass is 9.86. The van der Waals surface area contributed by atoms with Crippen LogP contribution in [-0.4, -0.2) is 110 Å². The Kier molecular flexibility index (Phi) is 16.2. The van der Waals surface area contributed by atoms with E-state index in [0.717, 1.165) is 38.6 Å². The van der Waals surface area contributed by atoms with Crippen LogP contribution in [0.25, 0.3) is 21.8 Å². The molecular formula is C48H59N9O6S. The number of methoxy groups -OCH3 is 1. The first-order valence-corrected chi connectivity index (χ1v) is 22.4. The Hall–Kier alpha value is -6.23. The van der Waals surface area contributed by atoms with E-state index in [1.807, 2.05) is 125 Å². The van der Waals surface area contributed by atoms with Crippen molar-refractivity contribution in [2.45, 2.75) is 84.8 Å². The van der Waals surface area contributed by atoms with Crippen molar-refractivity contribution in [1.29, 1.82) is 0 Å². The van der Waals surface area contributed by atoms with Gasteiger partial charge in [-0.15, -0.1) is 11.3 Å². The Bertz CT molecular complexity index is 2290. The molecule has 4 N–H and O–H groups in total. The van der Waals surface area contributed by atoms with Crippen molar-refractivity contribution in [3.8, 4) is 21.8 Å². The predicted octanol–water partition coefficient (Wildman–Crippen LogP) is 6.31. The second-order valence-electron chi connectivity index (χ2n) is 17.2. The van der Waals surface area contributed by atoms with Crippen molar-refractivity contribution >= 4 is 35.3 Å². The Morgan fingerprint density at radius 3 is 2.31 bits per heavy atom. The minimum absolute atomic E-state index is 0.111. The van der Waals surface area contributed by atoms with E-state index in [2.05, 4.69) is 26.0 Å². The smallest absolute Gasteiger partial charge is 0.407 e. The van der Waals surface area contributed by atoms with Crippen LogP contribution in [0.1, 0.15) is 57.9 Å². The second-order valence-corrected chi connectivity index (χ2v) is 18.0. The predicted molar refractivity (Wildman–Crippen MR) is 246 cm³/mol. The molecule has 0 saturated carbocycles. The molecule has 0 spiro atoms. The summed E-state index contributed by atoms with van der Waals surface area (Å²) in [7, 11) is 1.23. The monoisotopic (exact) mass is 889 g/mol. The maximum atomic E-state index is 14.6. The van der Waals surface area contributed by atoms with Crippen molar-refractivity contribution < 1.29 is 29.0 Å². The number of aliphatic hydroxyl groups excluding tert-OH is 1. The first-order chi connectivity index (χ1) is 30.7. The van der Waals surface area contributed by atoms with E-state index >= 15 is 0 Å². The van der Waals surface area contributed by atoms with Gasteiger partial charge in [-0.05, 0) is 53.1 Å². The maximum Gasteiger partial charge on any atom is 0.407 e. The van der Waals surface area contributed by atoms with Gasteiger partial charge in [0.1, 0.15) is 17.1 Å². The number of hydrogen-bond acceptors (Lipinski definition) is 11. The number of aliphatic hydroxyl groups is 1. The van der Waals surface area contributed by atoms with Gasteiger partial charge in [0.15, 0.2) is 0 Å². The number of aromatic nitrogens is 3. The van der Waals surface area contributed by atoms with Crippen LogP contribution >= 0.6 is 11.3 Å². The largest absolute Gasteiger partial charge is 0.453 e. The average Bonchev–Trinajstić information content (AvgIpc) is 3.91. The van der Waals surface area contributed by atoms with Crippen LogP contribution in [0.5, 0.6) is 0 Å². The van der Waals surface area contributed by atoms with E-state index in [4.69, 9.17) is 9.72 Å². The number of nitrogens with one attached hydrogen (secondary N) is 3. The molecule has 16 heteroatoms. The molecule has 64 heavy (non-hydrogen) atoms. The van der Waals surface area contributed by atoms with Gasteiger partial charge in [-0.2, -0.15) is 0 Å². The maximum absolute atomic E-state index is 14.6. The number of hydrogen-bond donors (Lipinski definition) is 4. The Morgan fingerprint density at radius 1 is 0.906 bits per heavy atom. The standard InChI is InChI=1S/C48H59N9O6S/c1-7-32(2)41(57-25-24-55(47(57)62)29-37-31-64-45(51-37)36-16-13-22-49-27-36)43(59)52-39(26-33-14-9-8-10-15-33)40(58)30-56(54-44(60)42(48(3,4)5)53-46(61)63-6)28-34-18-20-35(21-19-34)38-17-11-12-23-50-38/h8-23,27,31-32,39-42,58H,7,24-26,28-30H2,1-6H3,(H,52,59)(H,53,61)(H,54,60)/t32?,39-,40-,41?,42+/m0/s1. The molecular weight excluding hydrogens is 831 g/mol. The molecule has 15 nitrogen and oxygen atoms in total. The normalized spacial score (nSPS) is 15.3. The molecule has 0 aliphatic carbocycles. The third-order valence-corrected chi connectivity index (χ3v) is 12.3. The van der Waals surface area contributed by atoms with Crippen LogP contribution in [0.2, 0.25) is 0 Å². The van der Waals surface area contributed by atoms with Gasteiger partial charge in [0, 0.05) is 61.3 Å². The van der Waals surface area contributed by atoms with Crippen molar-refractivity contribution in [2.75, 3.05) is 26.7 Å². The Labute approximate surface area is 379 Å². The molecule has 5 amide bonds. The molecule has 1 aliphatic rings. The highest BCUT2D eigenvalue weighted by atomic mass is 32.1. The summed E-state index contributed by atoms with van der Waals surface area (Å²) in [5, 5.41) is 22.4. The molecule has 6 rings (SSSR count). The number of carbonyl (C=O) groups excluding carboxylic acids is 4. The molecule has 2 unspecified atom stereocenters. The second kappa shape index (κ2) is 21.9. The highest BCUT2D eigenvalue weighted by molar-refractivity contribution is 7.13. The molecule has 4 heterocycles. The number of benzene rings is 2. The van der Waals surface area contributed by atoms with E-state index in [9.17, 15) is 24.3 Å². The fourth-order valence-electron chi connectivity index (χ4n) is 7.66. The fourth-order valence-corrected chi connectivity index (χ4v) is 8.46. The molecule has 2 aromatic carbocycles. The van der Waals surface area contributed by atoms with E-state index in [1.165, 1.54) is 18.4 Å². The van der Waals surface area contributed by atoms with Crippen LogP contribution in [0.15, 0.2) is 109 Å². The van der Waals surface area contributed by atoms with Crippen LogP contribution < -0.4 is 16.1 Å². The summed E-state index contributed by atoms with van der Waals surface area (Å²) in [5.41, 5.74) is 7.32. The zero-order chi connectivity index (χ0) is 45.8. The van der Waals surface area contributed by atoms with E-state index in [0.29, 0.717) is 26.1 Å². The molecule has 0 radical (unpaired) electrons. The fraction of sp³-hybridized carbons (Fsp3) is 0.396. The van der Waals surface area contributed by atoms with Gasteiger partial charge in [0.25, 0.3) is 5.91 Å². The van der Waals surface area contributed by atoms with Gasteiger partial charge in [-0.25, -0.2) is 19.6 Å². The number of urea groups is 1. The third-order valence-electron chi connectivity index (χ3n) is 11.4. The summed E-state index contributed by atoms with van der Waals surface area (Å²) in [6.45, 7) is 10.5. The molecule has 5 aromatic rings. The lowest BCUT2D eigenvalue weighted by molar-refractivity contribution is -0.132. The number of pyridine rings is 2. The summed E-state index contributed by atoms with van der Waals surface area (Å²) in [5.74, 6) is -1.11. The van der Waals surface area contributed by atoms with Gasteiger partial charge in [0.2, 0.25) is 5.91 Å². The zero-order valence-corrected chi connectivity index (χ0v) is 38.1. The van der Waals surface area contributed by atoms with Crippen LogP contribution in [0.4, 0.5) is 9.59 Å². The molecule has 1 aliphatic heterocycles. The Morgan fingerprint density at radius 2 is 1.66 bits per heavy atom. The Balaban J connectivity index is 1.23. The minimum atomic E-state index is -1.22. The van der Waals surface area contributed by atoms with Crippen LogP contribution in [0.3, 0.4) is 0 Å². The summed E-state index contributed by atoms with van der Waals surface area (Å²) < 4.78 is 4.84. The van der Waals surface area contributed by atoms with E-state index in [-0.39, 0.29) is 37.4 Å². The highest BCUT2D eigenvalue weighted by Gasteiger charge is 2.41. The van der Waals surface area contributed by atoms with Gasteiger partial charge in [-0.3, -0.25) is 25.0 Å². The van der Waals surface area contributed by atoms with E-state index in [1.54, 1.807) is 33.4 Å². The van der Waals surface area contributed by atoms with Crippen LogP contribution in [0, 0.1) is 11.3 Å². The number of ether oxygens (including phenoxy) is 1.